The Hall–Kier alpha value is -1.36. The summed E-state index contributed by atoms with van der Waals surface area (Å²) in [5, 5.41) is 11.0. The average Bonchev–Trinajstić information content (AvgIpc) is 2.89. The fourth-order valence-corrected chi connectivity index (χ4v) is 2.08. The summed E-state index contributed by atoms with van der Waals surface area (Å²) in [6.45, 7) is 0.540. The fourth-order valence-electron chi connectivity index (χ4n) is 1.47. The predicted molar refractivity (Wildman–Crippen MR) is 69.1 cm³/mol. The highest BCUT2D eigenvalue weighted by molar-refractivity contribution is 7.09. The number of thiophene rings is 1. The van der Waals surface area contributed by atoms with Crippen molar-refractivity contribution in [1.29, 1.82) is 0 Å². The number of hydrogen-bond acceptors (Lipinski definition) is 4. The van der Waals surface area contributed by atoms with Gasteiger partial charge in [-0.15, -0.1) is 11.3 Å². The highest BCUT2D eigenvalue weighted by Crippen LogP contribution is 2.18. The quantitative estimate of drug-likeness (QED) is 0.855. The molecule has 2 rings (SSSR count). The molecule has 0 aliphatic heterocycles. The predicted octanol–water partition coefficient (Wildman–Crippen LogP) is 2.32. The zero-order chi connectivity index (χ0) is 12.1. The normalized spacial score (nSPS) is 12.4. The van der Waals surface area contributed by atoms with Crippen molar-refractivity contribution >= 4 is 11.3 Å². The van der Waals surface area contributed by atoms with E-state index >= 15 is 0 Å². The molecule has 0 bridgehead atoms. The smallest absolute Gasteiger partial charge is 0.122 e. The van der Waals surface area contributed by atoms with E-state index in [1.54, 1.807) is 11.3 Å². The molecule has 90 valence electrons. The fraction of sp³-hybridized carbons (Fsp3) is 0.231. The lowest BCUT2D eigenvalue weighted by molar-refractivity contribution is 0.267. The van der Waals surface area contributed by atoms with Crippen molar-refractivity contribution in [3.05, 3.63) is 52.2 Å². The van der Waals surface area contributed by atoms with Crippen LogP contribution in [0.2, 0.25) is 0 Å². The molecular formula is C13H15NO2S. The van der Waals surface area contributed by atoms with Crippen molar-refractivity contribution in [1.82, 2.24) is 0 Å². The first kappa shape index (κ1) is 12.1. The van der Waals surface area contributed by atoms with Gasteiger partial charge in [0.25, 0.3) is 0 Å². The van der Waals surface area contributed by atoms with Crippen LogP contribution in [0, 0.1) is 0 Å². The second kappa shape index (κ2) is 5.82. The molecule has 0 aliphatic carbocycles. The van der Waals surface area contributed by atoms with Gasteiger partial charge >= 0.3 is 0 Å². The number of aliphatic hydroxyl groups is 1. The topological polar surface area (TPSA) is 55.5 Å². The molecule has 2 aromatic rings. The Morgan fingerprint density at radius 3 is 2.59 bits per heavy atom. The second-order valence-corrected chi connectivity index (χ2v) is 4.76. The van der Waals surface area contributed by atoms with Crippen molar-refractivity contribution in [2.45, 2.75) is 12.6 Å². The Morgan fingerprint density at radius 2 is 2.00 bits per heavy atom. The summed E-state index contributed by atoms with van der Waals surface area (Å²) in [5.74, 6) is 0.812. The van der Waals surface area contributed by atoms with Gasteiger partial charge in [-0.25, -0.2) is 0 Å². The van der Waals surface area contributed by atoms with Gasteiger partial charge in [-0.05, 0) is 29.1 Å². The summed E-state index contributed by atoms with van der Waals surface area (Å²) < 4.78 is 5.63. The number of hydrogen-bond donors (Lipinski definition) is 2. The van der Waals surface area contributed by atoms with E-state index in [2.05, 4.69) is 0 Å². The molecule has 1 heterocycles. The van der Waals surface area contributed by atoms with Gasteiger partial charge < -0.3 is 15.6 Å². The van der Waals surface area contributed by atoms with Gasteiger partial charge in [-0.2, -0.15) is 0 Å². The van der Waals surface area contributed by atoms with Crippen LogP contribution < -0.4 is 10.5 Å². The lowest BCUT2D eigenvalue weighted by atomic mass is 10.1. The van der Waals surface area contributed by atoms with Crippen LogP contribution in [-0.4, -0.2) is 11.7 Å². The number of nitrogens with two attached hydrogens (primary N) is 1. The Bertz CT molecular complexity index is 439. The van der Waals surface area contributed by atoms with Gasteiger partial charge in [0.1, 0.15) is 12.4 Å². The van der Waals surface area contributed by atoms with Crippen LogP contribution in [-0.2, 0) is 6.61 Å². The summed E-state index contributed by atoms with van der Waals surface area (Å²) in [7, 11) is 0. The van der Waals surface area contributed by atoms with E-state index < -0.39 is 0 Å². The standard InChI is InChI=1S/C13H15NO2S/c14-13(8-15)10-3-5-11(6-4-10)16-9-12-2-1-7-17-12/h1-7,13,15H,8-9,14H2/t13-/m1/s1. The molecule has 1 aromatic carbocycles. The molecule has 0 radical (unpaired) electrons. The van der Waals surface area contributed by atoms with Crippen LogP contribution in [0.3, 0.4) is 0 Å². The van der Waals surface area contributed by atoms with Gasteiger partial charge in [0.15, 0.2) is 0 Å². The molecule has 17 heavy (non-hydrogen) atoms. The Balaban J connectivity index is 1.94. The Morgan fingerprint density at radius 1 is 1.24 bits per heavy atom. The van der Waals surface area contributed by atoms with Crippen LogP contribution in [0.1, 0.15) is 16.5 Å². The molecule has 0 fully saturated rings. The van der Waals surface area contributed by atoms with Crippen molar-refractivity contribution in [3.8, 4) is 5.75 Å². The molecule has 0 amide bonds. The maximum absolute atomic E-state index is 8.93. The highest BCUT2D eigenvalue weighted by Gasteiger charge is 2.04. The molecule has 3 nitrogen and oxygen atoms in total. The zero-order valence-corrected chi connectivity index (χ0v) is 10.2. The molecule has 0 unspecified atom stereocenters. The van der Waals surface area contributed by atoms with Gasteiger partial charge in [0.2, 0.25) is 0 Å². The highest BCUT2D eigenvalue weighted by atomic mass is 32.1. The van der Waals surface area contributed by atoms with Crippen molar-refractivity contribution in [2.75, 3.05) is 6.61 Å². The minimum Gasteiger partial charge on any atom is -0.488 e. The minimum absolute atomic E-state index is 0.0462. The van der Waals surface area contributed by atoms with E-state index in [9.17, 15) is 0 Å². The number of benzene rings is 1. The number of aliphatic hydroxyl groups excluding tert-OH is 1. The minimum atomic E-state index is -0.318. The van der Waals surface area contributed by atoms with E-state index in [-0.39, 0.29) is 12.6 Å². The summed E-state index contributed by atoms with van der Waals surface area (Å²) in [6.07, 6.45) is 0. The van der Waals surface area contributed by atoms with Crippen LogP contribution >= 0.6 is 11.3 Å². The summed E-state index contributed by atoms with van der Waals surface area (Å²) in [4.78, 5) is 1.20. The molecule has 1 atom stereocenters. The third-order valence-corrected chi connectivity index (χ3v) is 3.32. The molecule has 0 saturated heterocycles. The van der Waals surface area contributed by atoms with Crippen molar-refractivity contribution in [2.24, 2.45) is 5.73 Å². The lowest BCUT2D eigenvalue weighted by Crippen LogP contribution is -2.14. The molecule has 4 heteroatoms. The molecule has 0 spiro atoms. The number of ether oxygens (including phenoxy) is 1. The van der Waals surface area contributed by atoms with Crippen molar-refractivity contribution < 1.29 is 9.84 Å². The third kappa shape index (κ3) is 3.30. The largest absolute Gasteiger partial charge is 0.488 e. The lowest BCUT2D eigenvalue weighted by Gasteiger charge is -2.09. The number of rotatable bonds is 5. The summed E-state index contributed by atoms with van der Waals surface area (Å²) in [6, 6.07) is 11.2. The van der Waals surface area contributed by atoms with E-state index in [1.807, 2.05) is 41.8 Å². The third-order valence-electron chi connectivity index (χ3n) is 2.47. The maximum atomic E-state index is 8.93. The van der Waals surface area contributed by atoms with E-state index in [0.29, 0.717) is 6.61 Å². The van der Waals surface area contributed by atoms with Gasteiger partial charge in [0.05, 0.1) is 12.6 Å². The Labute approximate surface area is 104 Å². The van der Waals surface area contributed by atoms with Gasteiger partial charge in [-0.1, -0.05) is 18.2 Å². The first-order valence-electron chi connectivity index (χ1n) is 5.41. The van der Waals surface area contributed by atoms with E-state index in [0.717, 1.165) is 11.3 Å². The van der Waals surface area contributed by atoms with Crippen LogP contribution in [0.4, 0.5) is 0 Å². The summed E-state index contributed by atoms with van der Waals surface area (Å²) >= 11 is 1.68. The van der Waals surface area contributed by atoms with Gasteiger partial charge in [-0.3, -0.25) is 0 Å². The van der Waals surface area contributed by atoms with Crippen LogP contribution in [0.25, 0.3) is 0 Å². The van der Waals surface area contributed by atoms with E-state index in [1.165, 1.54) is 4.88 Å². The van der Waals surface area contributed by atoms with Crippen LogP contribution in [0.15, 0.2) is 41.8 Å². The molecule has 3 N–H and O–H groups in total. The zero-order valence-electron chi connectivity index (χ0n) is 9.37. The van der Waals surface area contributed by atoms with Crippen LogP contribution in [0.5, 0.6) is 5.75 Å². The van der Waals surface area contributed by atoms with Crippen molar-refractivity contribution in [3.63, 3.8) is 0 Å². The SMILES string of the molecule is N[C@H](CO)c1ccc(OCc2cccs2)cc1. The first-order chi connectivity index (χ1) is 8.29. The molecule has 1 aromatic heterocycles. The first-order valence-corrected chi connectivity index (χ1v) is 6.29. The monoisotopic (exact) mass is 249 g/mol. The average molecular weight is 249 g/mol. The maximum Gasteiger partial charge on any atom is 0.122 e. The molecule has 0 saturated carbocycles. The van der Waals surface area contributed by atoms with Gasteiger partial charge in [0, 0.05) is 4.88 Å². The van der Waals surface area contributed by atoms with E-state index in [4.69, 9.17) is 15.6 Å². The summed E-state index contributed by atoms with van der Waals surface area (Å²) in [5.41, 5.74) is 6.62. The second-order valence-electron chi connectivity index (χ2n) is 3.73. The molecule has 0 aliphatic rings. The molecular weight excluding hydrogens is 234 g/mol. The Kier molecular flexibility index (Phi) is 4.14.